The molecule has 2 rings (SSSR count). The molecule has 1 amide bonds. The van der Waals surface area contributed by atoms with Crippen LogP contribution in [0.25, 0.3) is 0 Å². The van der Waals surface area contributed by atoms with E-state index < -0.39 is 0 Å². The molecule has 19 heavy (non-hydrogen) atoms. The molecule has 0 radical (unpaired) electrons. The van der Waals surface area contributed by atoms with Gasteiger partial charge in [-0.1, -0.05) is 0 Å². The summed E-state index contributed by atoms with van der Waals surface area (Å²) in [6.45, 7) is 6.35. The summed E-state index contributed by atoms with van der Waals surface area (Å²) in [5, 5.41) is 6.51. The quantitative estimate of drug-likeness (QED) is 0.833. The average Bonchev–Trinajstić information content (AvgIpc) is 2.78. The molecule has 0 aliphatic carbocycles. The number of thioether (sulfide) groups is 1. The average molecular weight is 280 g/mol. The molecule has 1 unspecified atom stereocenters. The van der Waals surface area contributed by atoms with Crippen LogP contribution in [-0.4, -0.2) is 46.6 Å². The highest BCUT2D eigenvalue weighted by Gasteiger charge is 2.30. The van der Waals surface area contributed by atoms with Crippen LogP contribution in [0.1, 0.15) is 13.8 Å². The van der Waals surface area contributed by atoms with Crippen molar-refractivity contribution in [2.24, 2.45) is 0 Å². The molecule has 1 aromatic rings. The van der Waals surface area contributed by atoms with Crippen molar-refractivity contribution in [3.63, 3.8) is 0 Å². The van der Waals surface area contributed by atoms with Gasteiger partial charge in [0.15, 0.2) is 0 Å². The van der Waals surface area contributed by atoms with E-state index >= 15 is 0 Å². The predicted molar refractivity (Wildman–Crippen MR) is 80.5 cm³/mol. The molecule has 1 aromatic heterocycles. The van der Waals surface area contributed by atoms with Gasteiger partial charge in [-0.25, -0.2) is 4.98 Å². The lowest BCUT2D eigenvalue weighted by Crippen LogP contribution is -2.32. The third-order valence-electron chi connectivity index (χ3n) is 3.01. The van der Waals surface area contributed by atoms with Crippen molar-refractivity contribution in [2.45, 2.75) is 19.1 Å². The number of hydrogen-bond donors (Lipinski definition) is 2. The van der Waals surface area contributed by atoms with E-state index in [1.807, 2.05) is 30.9 Å². The minimum Gasteiger partial charge on any atom is -0.383 e. The van der Waals surface area contributed by atoms with Crippen LogP contribution >= 0.6 is 11.8 Å². The van der Waals surface area contributed by atoms with Gasteiger partial charge < -0.3 is 15.5 Å². The van der Waals surface area contributed by atoms with E-state index in [1.165, 1.54) is 0 Å². The van der Waals surface area contributed by atoms with Crippen molar-refractivity contribution in [3.8, 4) is 0 Å². The zero-order chi connectivity index (χ0) is 13.7. The largest absolute Gasteiger partial charge is 0.383 e. The molecule has 104 valence electrons. The maximum atomic E-state index is 12.0. The highest BCUT2D eigenvalue weighted by Crippen LogP contribution is 2.24. The maximum Gasteiger partial charge on any atom is 0.238 e. The Labute approximate surface area is 118 Å². The number of carbonyl (C=O) groups is 1. The summed E-state index contributed by atoms with van der Waals surface area (Å²) in [4.78, 5) is 18.1. The Morgan fingerprint density at radius 1 is 1.47 bits per heavy atom. The zero-order valence-electron chi connectivity index (χ0n) is 11.3. The first-order valence-corrected chi connectivity index (χ1v) is 7.63. The van der Waals surface area contributed by atoms with E-state index in [4.69, 9.17) is 0 Å². The molecule has 1 atom stereocenters. The fourth-order valence-electron chi connectivity index (χ4n) is 1.94. The first kappa shape index (κ1) is 14.0. The SMILES string of the molecule is CCNc1cc(NCC2SCN(CC)C2=O)ccn1. The lowest BCUT2D eigenvalue weighted by atomic mass is 10.3. The van der Waals surface area contributed by atoms with Crippen molar-refractivity contribution in [1.82, 2.24) is 9.88 Å². The Balaban J connectivity index is 1.89. The van der Waals surface area contributed by atoms with Crippen molar-refractivity contribution >= 4 is 29.2 Å². The van der Waals surface area contributed by atoms with Gasteiger partial charge in [-0.05, 0) is 19.9 Å². The highest BCUT2D eigenvalue weighted by atomic mass is 32.2. The number of amides is 1. The summed E-state index contributed by atoms with van der Waals surface area (Å²) in [5.74, 6) is 1.90. The lowest BCUT2D eigenvalue weighted by Gasteiger charge is -2.13. The van der Waals surface area contributed by atoms with Crippen molar-refractivity contribution < 1.29 is 4.79 Å². The van der Waals surface area contributed by atoms with Crippen LogP contribution in [-0.2, 0) is 4.79 Å². The number of carbonyl (C=O) groups excluding carboxylic acids is 1. The fourth-order valence-corrected chi connectivity index (χ4v) is 3.10. The van der Waals surface area contributed by atoms with Crippen LogP contribution in [0.2, 0.25) is 0 Å². The minimum absolute atomic E-state index is 0.0238. The molecule has 1 aliphatic rings. The van der Waals surface area contributed by atoms with Crippen LogP contribution in [0.5, 0.6) is 0 Å². The van der Waals surface area contributed by atoms with Crippen LogP contribution < -0.4 is 10.6 Å². The number of rotatable bonds is 6. The second kappa shape index (κ2) is 6.65. The van der Waals surface area contributed by atoms with Gasteiger partial charge in [-0.3, -0.25) is 4.79 Å². The molecule has 2 N–H and O–H groups in total. The number of pyridine rings is 1. The summed E-state index contributed by atoms with van der Waals surface area (Å²) >= 11 is 1.70. The van der Waals surface area contributed by atoms with Gasteiger partial charge in [0.1, 0.15) is 11.1 Å². The Morgan fingerprint density at radius 3 is 3.00 bits per heavy atom. The summed E-state index contributed by atoms with van der Waals surface area (Å²) < 4.78 is 0. The monoisotopic (exact) mass is 280 g/mol. The van der Waals surface area contributed by atoms with E-state index in [0.717, 1.165) is 30.5 Å². The first-order valence-electron chi connectivity index (χ1n) is 6.58. The molecular formula is C13H20N4OS. The Hall–Kier alpha value is -1.43. The van der Waals surface area contributed by atoms with Gasteiger partial charge in [-0.15, -0.1) is 11.8 Å². The third kappa shape index (κ3) is 3.53. The molecule has 2 heterocycles. The molecule has 0 saturated carbocycles. The Bertz CT molecular complexity index is 440. The van der Waals surface area contributed by atoms with Crippen LogP contribution in [0.3, 0.4) is 0 Å². The second-order valence-electron chi connectivity index (χ2n) is 4.32. The molecular weight excluding hydrogens is 260 g/mol. The van der Waals surface area contributed by atoms with Crippen LogP contribution in [0.15, 0.2) is 18.3 Å². The minimum atomic E-state index is 0.0238. The summed E-state index contributed by atoms with van der Waals surface area (Å²) in [5.41, 5.74) is 0.995. The summed E-state index contributed by atoms with van der Waals surface area (Å²) in [7, 11) is 0. The predicted octanol–water partition coefficient (Wildman–Crippen LogP) is 1.85. The van der Waals surface area contributed by atoms with E-state index in [2.05, 4.69) is 15.6 Å². The van der Waals surface area contributed by atoms with Crippen LogP contribution in [0.4, 0.5) is 11.5 Å². The summed E-state index contributed by atoms with van der Waals surface area (Å²) in [6.07, 6.45) is 1.77. The molecule has 6 heteroatoms. The van der Waals surface area contributed by atoms with E-state index in [0.29, 0.717) is 6.54 Å². The van der Waals surface area contributed by atoms with Gasteiger partial charge in [0, 0.05) is 37.6 Å². The molecule has 0 aromatic carbocycles. The second-order valence-corrected chi connectivity index (χ2v) is 5.48. The van der Waals surface area contributed by atoms with E-state index in [9.17, 15) is 4.79 Å². The van der Waals surface area contributed by atoms with Gasteiger partial charge in [-0.2, -0.15) is 0 Å². The van der Waals surface area contributed by atoms with Crippen molar-refractivity contribution in [1.29, 1.82) is 0 Å². The van der Waals surface area contributed by atoms with E-state index in [-0.39, 0.29) is 11.2 Å². The molecule has 1 aliphatic heterocycles. The third-order valence-corrected chi connectivity index (χ3v) is 4.24. The number of aromatic nitrogens is 1. The molecule has 1 fully saturated rings. The van der Waals surface area contributed by atoms with Gasteiger partial charge in [0.2, 0.25) is 5.91 Å². The van der Waals surface area contributed by atoms with Gasteiger partial charge in [0.05, 0.1) is 5.88 Å². The molecule has 5 nitrogen and oxygen atoms in total. The van der Waals surface area contributed by atoms with E-state index in [1.54, 1.807) is 18.0 Å². The maximum absolute atomic E-state index is 12.0. The standard InChI is InChI=1S/C13H20N4OS/c1-3-14-12-7-10(5-6-15-12)16-8-11-13(18)17(4-2)9-19-11/h5-7,11H,3-4,8-9H2,1-2H3,(H2,14,15,16). The van der Waals surface area contributed by atoms with Gasteiger partial charge >= 0.3 is 0 Å². The molecule has 0 spiro atoms. The van der Waals surface area contributed by atoms with Crippen LogP contribution in [0, 0.1) is 0 Å². The normalized spacial score (nSPS) is 18.7. The fraction of sp³-hybridized carbons (Fsp3) is 0.538. The first-order chi connectivity index (χ1) is 9.24. The Morgan fingerprint density at radius 2 is 2.32 bits per heavy atom. The summed E-state index contributed by atoms with van der Waals surface area (Å²) in [6, 6.07) is 3.88. The van der Waals surface area contributed by atoms with Crippen molar-refractivity contribution in [3.05, 3.63) is 18.3 Å². The Kier molecular flexibility index (Phi) is 4.90. The number of nitrogens with one attached hydrogen (secondary N) is 2. The number of nitrogens with zero attached hydrogens (tertiary/aromatic N) is 2. The lowest BCUT2D eigenvalue weighted by molar-refractivity contribution is -0.128. The number of hydrogen-bond acceptors (Lipinski definition) is 5. The number of anilines is 2. The molecule has 1 saturated heterocycles. The molecule has 0 bridgehead atoms. The van der Waals surface area contributed by atoms with Gasteiger partial charge in [0.25, 0.3) is 0 Å². The highest BCUT2D eigenvalue weighted by molar-refractivity contribution is 8.01. The topological polar surface area (TPSA) is 57.3 Å². The van der Waals surface area contributed by atoms with Crippen molar-refractivity contribution in [2.75, 3.05) is 36.1 Å². The smallest absolute Gasteiger partial charge is 0.238 e. The zero-order valence-corrected chi connectivity index (χ0v) is 12.2.